The Balaban J connectivity index is 5.71. The van der Waals surface area contributed by atoms with Gasteiger partial charge in [-0.1, -0.05) is 258 Å². The number of unbranched alkanes of at least 4 members (excludes halogenated alkanes) is 34. The normalized spacial score (nSPS) is 13.9. The number of rotatable bonds is 82. The number of urea groups is 1. The first-order valence-electron chi connectivity index (χ1n) is 43.0. The van der Waals surface area contributed by atoms with Crippen LogP contribution in [0.3, 0.4) is 0 Å². The van der Waals surface area contributed by atoms with Crippen molar-refractivity contribution in [1.29, 1.82) is 0 Å². The van der Waals surface area contributed by atoms with Crippen molar-refractivity contribution in [2.24, 2.45) is 0 Å². The topological polar surface area (TPSA) is 316 Å². The van der Waals surface area contributed by atoms with E-state index in [1.165, 1.54) is 103 Å². The van der Waals surface area contributed by atoms with E-state index >= 15 is 0 Å². The van der Waals surface area contributed by atoms with E-state index < -0.39 is 84.2 Å². The summed E-state index contributed by atoms with van der Waals surface area (Å²) in [6.07, 6.45) is 54.8. The highest BCUT2D eigenvalue weighted by atomic mass is 31.2. The molecule has 0 aliphatic heterocycles. The van der Waals surface area contributed by atoms with Gasteiger partial charge < -0.3 is 50.0 Å². The molecule has 6 atom stereocenters. The highest BCUT2D eigenvalue weighted by Gasteiger charge is 2.28. The average Bonchev–Trinajstić information content (AvgIpc) is 0.913. The Morgan fingerprint density at radius 2 is 0.630 bits per heavy atom. The van der Waals surface area contributed by atoms with Crippen LogP contribution < -0.4 is 21.3 Å². The number of carbonyl (C=O) groups excluding carboxylic acids is 7. The molecule has 0 radical (unpaired) electrons. The van der Waals surface area contributed by atoms with E-state index in [2.05, 4.69) is 87.1 Å². The number of Topliss-reactive ketones (excluding diaryl/α,β-unsaturated/α-hetero) is 2. The van der Waals surface area contributed by atoms with Gasteiger partial charge in [0.15, 0.2) is 0 Å². The van der Waals surface area contributed by atoms with Gasteiger partial charge in [-0.2, -0.15) is 0 Å². The number of phosphoric ester groups is 2. The minimum Gasteiger partial charge on any atom is -0.462 e. The summed E-state index contributed by atoms with van der Waals surface area (Å²) in [7, 11) is -9.61. The molecule has 23 nitrogen and oxygen atoms in total. The molecule has 25 heteroatoms. The van der Waals surface area contributed by atoms with Gasteiger partial charge >= 0.3 is 33.6 Å². The van der Waals surface area contributed by atoms with Gasteiger partial charge in [-0.3, -0.25) is 46.9 Å². The van der Waals surface area contributed by atoms with Crippen LogP contribution in [-0.4, -0.2) is 141 Å². The number of nitrogens with one attached hydrogen (secondary N) is 4. The van der Waals surface area contributed by atoms with Crippen LogP contribution in [0.1, 0.15) is 375 Å². The minimum absolute atomic E-state index is 0.140. The lowest BCUT2D eigenvalue weighted by atomic mass is 10.0. The summed E-state index contributed by atoms with van der Waals surface area (Å²) >= 11 is 0. The highest BCUT2D eigenvalue weighted by Crippen LogP contribution is 2.44. The first-order valence-corrected chi connectivity index (χ1v) is 46.0. The van der Waals surface area contributed by atoms with E-state index in [1.54, 1.807) is 0 Å². The van der Waals surface area contributed by atoms with E-state index in [-0.39, 0.29) is 88.7 Å². The second kappa shape index (κ2) is 75.8. The lowest BCUT2D eigenvalue weighted by Crippen LogP contribution is -2.42. The Labute approximate surface area is 654 Å². The number of allylic oxidation sites excluding steroid dienone is 4. The molecule has 0 rings (SSSR count). The van der Waals surface area contributed by atoms with E-state index in [0.717, 1.165) is 141 Å². The van der Waals surface area contributed by atoms with Gasteiger partial charge in [0.2, 0.25) is 11.8 Å². The maximum Gasteiger partial charge on any atom is 0.472 e. The molecule has 6 N–H and O–H groups in total. The molecule has 0 aromatic carbocycles. The predicted molar refractivity (Wildman–Crippen MR) is 433 cm³/mol. The van der Waals surface area contributed by atoms with Crippen molar-refractivity contribution in [2.45, 2.75) is 400 Å². The second-order valence-corrected chi connectivity index (χ2v) is 32.2. The second-order valence-electron chi connectivity index (χ2n) is 29.3. The fraction of sp³-hybridized carbons (Fsp3) is 0.867. The van der Waals surface area contributed by atoms with Crippen molar-refractivity contribution >= 4 is 57.0 Å². The van der Waals surface area contributed by atoms with E-state index in [9.17, 15) is 52.5 Å². The SMILES string of the molecule is CCCCCC/C=C\CCCC(=O)OC(CCCCCCC)CCOCC(COP(=O)(O)OCCNC(=O)NCCOP(=O)(O)OCC(COCCC(CCCCCCC)OC(=O)CCC/C=C\CCCCCC)NC(=O)CC(=O)CCCCCCCCCCC)NC(=O)CC(=O)CCCCCCCCCCC. The zero-order valence-electron chi connectivity index (χ0n) is 68.7. The van der Waals surface area contributed by atoms with Crippen molar-refractivity contribution in [3.8, 4) is 0 Å². The van der Waals surface area contributed by atoms with Gasteiger partial charge in [0, 0.05) is 51.6 Å². The lowest BCUT2D eigenvalue weighted by Gasteiger charge is -2.22. The molecule has 6 unspecified atom stereocenters. The van der Waals surface area contributed by atoms with Crippen molar-refractivity contribution in [3.05, 3.63) is 24.3 Å². The molecule has 108 heavy (non-hydrogen) atoms. The largest absolute Gasteiger partial charge is 0.472 e. The average molecular weight is 1580 g/mol. The molecule has 0 aliphatic carbocycles. The van der Waals surface area contributed by atoms with Crippen LogP contribution in [0.2, 0.25) is 0 Å². The Morgan fingerprint density at radius 1 is 0.333 bits per heavy atom. The van der Waals surface area contributed by atoms with Crippen molar-refractivity contribution in [3.63, 3.8) is 0 Å². The Bertz CT molecular complexity index is 2210. The third-order valence-corrected chi connectivity index (χ3v) is 20.6. The van der Waals surface area contributed by atoms with E-state index in [4.69, 9.17) is 37.0 Å². The molecular weight excluding hydrogens is 1420 g/mol. The van der Waals surface area contributed by atoms with Crippen LogP contribution in [0.5, 0.6) is 0 Å². The Hall–Kier alpha value is -3.89. The number of amides is 4. The zero-order valence-corrected chi connectivity index (χ0v) is 70.5. The third-order valence-electron chi connectivity index (χ3n) is 18.7. The summed E-state index contributed by atoms with van der Waals surface area (Å²) in [5, 5.41) is 10.3. The fourth-order valence-corrected chi connectivity index (χ4v) is 13.7. The maximum atomic E-state index is 13.3. The molecule has 0 aromatic rings. The summed E-state index contributed by atoms with van der Waals surface area (Å²) in [5.74, 6) is -2.18. The van der Waals surface area contributed by atoms with E-state index in [1.807, 2.05) is 0 Å². The molecule has 0 aromatic heterocycles. The number of carbonyl (C=O) groups is 7. The van der Waals surface area contributed by atoms with Crippen LogP contribution in [0.15, 0.2) is 24.3 Å². The Morgan fingerprint density at radius 3 is 0.963 bits per heavy atom. The number of ether oxygens (including phenoxy) is 4. The third kappa shape index (κ3) is 72.4. The van der Waals surface area contributed by atoms with Crippen molar-refractivity contribution in [2.75, 3.05) is 65.9 Å². The van der Waals surface area contributed by atoms with Crippen LogP contribution in [-0.2, 0) is 74.9 Å². The van der Waals surface area contributed by atoms with Gasteiger partial charge in [-0.25, -0.2) is 13.9 Å². The molecular formula is C83H156N4O19P2. The van der Waals surface area contributed by atoms with Crippen molar-refractivity contribution < 1.29 is 89.5 Å². The molecule has 0 heterocycles. The molecule has 0 saturated heterocycles. The number of esters is 2. The van der Waals surface area contributed by atoms with Gasteiger partial charge in [0.1, 0.15) is 23.8 Å². The van der Waals surface area contributed by atoms with Crippen LogP contribution in [0.4, 0.5) is 4.79 Å². The van der Waals surface area contributed by atoms with Crippen LogP contribution in [0.25, 0.3) is 0 Å². The molecule has 0 saturated carbocycles. The number of phosphoric acid groups is 2. The summed E-state index contributed by atoms with van der Waals surface area (Å²) < 4.78 is 71.1. The molecule has 0 aliphatic rings. The number of hydrogen-bond donors (Lipinski definition) is 6. The summed E-state index contributed by atoms with van der Waals surface area (Å²) in [6, 6.07) is -2.75. The van der Waals surface area contributed by atoms with Gasteiger partial charge in [0.05, 0.1) is 77.8 Å². The quantitative estimate of drug-likeness (QED) is 0.0108. The lowest BCUT2D eigenvalue weighted by molar-refractivity contribution is -0.151. The van der Waals surface area contributed by atoms with Gasteiger partial charge in [-0.05, 0) is 89.9 Å². The van der Waals surface area contributed by atoms with E-state index in [0.29, 0.717) is 64.2 Å². The summed E-state index contributed by atoms with van der Waals surface area (Å²) in [4.78, 5) is 113. The minimum atomic E-state index is -4.81. The monoisotopic (exact) mass is 1580 g/mol. The Kier molecular flexibility index (Phi) is 73.0. The van der Waals surface area contributed by atoms with Gasteiger partial charge in [0.25, 0.3) is 0 Å². The molecule has 632 valence electrons. The smallest absolute Gasteiger partial charge is 0.462 e. The van der Waals surface area contributed by atoms with Crippen LogP contribution in [0, 0.1) is 0 Å². The summed E-state index contributed by atoms with van der Waals surface area (Å²) in [5.41, 5.74) is 0. The van der Waals surface area contributed by atoms with Crippen LogP contribution >= 0.6 is 15.6 Å². The van der Waals surface area contributed by atoms with Gasteiger partial charge in [-0.15, -0.1) is 0 Å². The molecule has 0 spiro atoms. The molecule has 4 amide bonds. The first-order chi connectivity index (χ1) is 52.3. The zero-order chi connectivity index (χ0) is 79.5. The molecule has 0 bridgehead atoms. The first kappa shape index (κ1) is 104. The maximum absolute atomic E-state index is 13.3. The van der Waals surface area contributed by atoms with Crippen molar-refractivity contribution in [1.82, 2.24) is 21.3 Å². The number of hydrogen-bond acceptors (Lipinski definition) is 17. The fourth-order valence-electron chi connectivity index (χ4n) is 12.2. The predicted octanol–water partition coefficient (Wildman–Crippen LogP) is 20.0. The number of ketones is 2. The standard InChI is InChI=1S/C83H156N4O19P2/c1-7-13-19-25-29-33-37-43-47-53-75(88)67-79(90)86-73(69-99-63-59-77(55-49-41-23-17-11-5)105-81(92)57-51-45-39-35-31-27-21-15-9-3)71-103-107(95,96)101-65-61-84-83(94)85-62-66-102-108(97,98)104-72-74(87-80(91)68-76(89)54-48-44-38-34-30-26-20-14-8-2)70-100-64-60-78(56-50-42-24-18-12-6)106-82(93)58-52-46-40-36-32-28-22-16-10-4/h35-36,39-40,73-74,77-78H,7-34,37-38,41-72H2,1-6H3,(H,86,90)(H,87,91)(H,95,96)(H,97,98)(H2,84,85,94)/b39-35-,40-36-. The summed E-state index contributed by atoms with van der Waals surface area (Å²) in [6.45, 7) is 10.4. The molecule has 0 fully saturated rings. The highest BCUT2D eigenvalue weighted by molar-refractivity contribution is 7.47.